The lowest BCUT2D eigenvalue weighted by Gasteiger charge is -2.07. The van der Waals surface area contributed by atoms with E-state index in [1.54, 1.807) is 11.3 Å². The number of rotatable bonds is 3. The molecule has 2 rings (SSSR count). The first-order valence-corrected chi connectivity index (χ1v) is 5.87. The lowest BCUT2D eigenvalue weighted by Crippen LogP contribution is -2.29. The van der Waals surface area contributed by atoms with Crippen molar-refractivity contribution in [3.05, 3.63) is 35.2 Å². The number of benzene rings is 1. The Labute approximate surface area is 92.7 Å². The zero-order valence-electron chi connectivity index (χ0n) is 8.57. The maximum Gasteiger partial charge on any atom is 0.179 e. The Hall–Kier alpha value is -1.19. The SMILES string of the molecule is CCC(N)C(=O)c1ccc2sccc2c1. The summed E-state index contributed by atoms with van der Waals surface area (Å²) >= 11 is 1.68. The molecule has 1 unspecified atom stereocenters. The minimum atomic E-state index is -0.374. The van der Waals surface area contributed by atoms with E-state index in [1.165, 1.54) is 4.70 Å². The normalized spacial score (nSPS) is 12.9. The van der Waals surface area contributed by atoms with Gasteiger partial charge in [0.05, 0.1) is 6.04 Å². The van der Waals surface area contributed by atoms with Crippen LogP contribution in [0.5, 0.6) is 0 Å². The van der Waals surface area contributed by atoms with Crippen LogP contribution in [-0.4, -0.2) is 11.8 Å². The van der Waals surface area contributed by atoms with E-state index >= 15 is 0 Å². The van der Waals surface area contributed by atoms with E-state index in [-0.39, 0.29) is 11.8 Å². The summed E-state index contributed by atoms with van der Waals surface area (Å²) in [7, 11) is 0. The van der Waals surface area contributed by atoms with Gasteiger partial charge in [-0.1, -0.05) is 6.92 Å². The van der Waals surface area contributed by atoms with Crippen molar-refractivity contribution in [1.29, 1.82) is 0 Å². The summed E-state index contributed by atoms with van der Waals surface area (Å²) in [4.78, 5) is 11.8. The lowest BCUT2D eigenvalue weighted by molar-refractivity contribution is 0.0959. The number of nitrogens with two attached hydrogens (primary N) is 1. The van der Waals surface area contributed by atoms with Gasteiger partial charge in [0.2, 0.25) is 0 Å². The van der Waals surface area contributed by atoms with E-state index in [9.17, 15) is 4.79 Å². The smallest absolute Gasteiger partial charge is 0.179 e. The summed E-state index contributed by atoms with van der Waals surface area (Å²) < 4.78 is 1.21. The Kier molecular flexibility index (Phi) is 2.84. The van der Waals surface area contributed by atoms with Crippen molar-refractivity contribution < 1.29 is 4.79 Å². The number of carbonyl (C=O) groups is 1. The number of carbonyl (C=O) groups excluding carboxylic acids is 1. The summed E-state index contributed by atoms with van der Waals surface area (Å²) in [5.41, 5.74) is 6.44. The first kappa shape index (κ1) is 10.3. The fraction of sp³-hybridized carbons (Fsp3) is 0.250. The van der Waals surface area contributed by atoms with Crippen LogP contribution in [0.1, 0.15) is 23.7 Å². The minimum absolute atomic E-state index is 0.0330. The largest absolute Gasteiger partial charge is 0.321 e. The van der Waals surface area contributed by atoms with Gasteiger partial charge >= 0.3 is 0 Å². The Bertz CT molecular complexity index is 489. The summed E-state index contributed by atoms with van der Waals surface area (Å²) in [5.74, 6) is 0.0330. The number of hydrogen-bond donors (Lipinski definition) is 1. The molecule has 1 aromatic carbocycles. The van der Waals surface area contributed by atoms with Gasteiger partial charge in [0, 0.05) is 10.3 Å². The third-order valence-corrected chi connectivity index (χ3v) is 3.41. The van der Waals surface area contributed by atoms with Crippen molar-refractivity contribution in [3.8, 4) is 0 Å². The zero-order chi connectivity index (χ0) is 10.8. The first-order chi connectivity index (χ1) is 7.22. The number of hydrogen-bond acceptors (Lipinski definition) is 3. The monoisotopic (exact) mass is 219 g/mol. The highest BCUT2D eigenvalue weighted by molar-refractivity contribution is 7.17. The average molecular weight is 219 g/mol. The first-order valence-electron chi connectivity index (χ1n) is 4.99. The van der Waals surface area contributed by atoms with Crippen LogP contribution in [0.4, 0.5) is 0 Å². The second kappa shape index (κ2) is 4.13. The number of thiophene rings is 1. The molecule has 0 bridgehead atoms. The molecule has 0 aliphatic heterocycles. The van der Waals surface area contributed by atoms with Crippen LogP contribution in [0, 0.1) is 0 Å². The third-order valence-electron chi connectivity index (χ3n) is 2.51. The summed E-state index contributed by atoms with van der Waals surface area (Å²) in [6, 6.07) is 7.41. The molecule has 15 heavy (non-hydrogen) atoms. The number of fused-ring (bicyclic) bond motifs is 1. The van der Waals surface area contributed by atoms with Crippen LogP contribution in [0.2, 0.25) is 0 Å². The Balaban J connectivity index is 2.39. The molecule has 0 saturated carbocycles. The molecule has 0 amide bonds. The van der Waals surface area contributed by atoms with Crippen molar-refractivity contribution in [1.82, 2.24) is 0 Å². The number of ketones is 1. The molecule has 2 N–H and O–H groups in total. The van der Waals surface area contributed by atoms with Crippen LogP contribution in [0.15, 0.2) is 29.6 Å². The maximum atomic E-state index is 11.8. The molecule has 1 atom stereocenters. The van der Waals surface area contributed by atoms with Gasteiger partial charge < -0.3 is 5.73 Å². The molecule has 0 spiro atoms. The highest BCUT2D eigenvalue weighted by atomic mass is 32.1. The van der Waals surface area contributed by atoms with Crippen LogP contribution in [0.3, 0.4) is 0 Å². The molecule has 0 aliphatic rings. The summed E-state index contributed by atoms with van der Waals surface area (Å²) in [6.45, 7) is 1.92. The Morgan fingerprint density at radius 3 is 3.00 bits per heavy atom. The van der Waals surface area contributed by atoms with Crippen LogP contribution < -0.4 is 5.73 Å². The molecule has 2 nitrogen and oxygen atoms in total. The van der Waals surface area contributed by atoms with E-state index in [0.29, 0.717) is 6.42 Å². The second-order valence-electron chi connectivity index (χ2n) is 3.55. The molecule has 3 heteroatoms. The van der Waals surface area contributed by atoms with Gasteiger partial charge in [0.15, 0.2) is 5.78 Å². The van der Waals surface area contributed by atoms with Gasteiger partial charge in [-0.05, 0) is 41.5 Å². The standard InChI is InChI=1S/C12H13NOS/c1-2-10(13)12(14)9-3-4-11-8(7-9)5-6-15-11/h3-7,10H,2,13H2,1H3. The highest BCUT2D eigenvalue weighted by Gasteiger charge is 2.13. The Morgan fingerprint density at radius 1 is 1.47 bits per heavy atom. The molecule has 0 saturated heterocycles. The summed E-state index contributed by atoms with van der Waals surface area (Å²) in [6.07, 6.45) is 0.681. The zero-order valence-corrected chi connectivity index (χ0v) is 9.38. The third kappa shape index (κ3) is 1.94. The molecule has 0 radical (unpaired) electrons. The second-order valence-corrected chi connectivity index (χ2v) is 4.50. The van der Waals surface area contributed by atoms with Gasteiger partial charge in [-0.15, -0.1) is 11.3 Å². The van der Waals surface area contributed by atoms with Crippen LogP contribution >= 0.6 is 11.3 Å². The van der Waals surface area contributed by atoms with E-state index in [4.69, 9.17) is 5.73 Å². The van der Waals surface area contributed by atoms with Gasteiger partial charge in [0.1, 0.15) is 0 Å². The topological polar surface area (TPSA) is 43.1 Å². The predicted octanol–water partition coefficient (Wildman–Crippen LogP) is 2.82. The van der Waals surface area contributed by atoms with E-state index in [0.717, 1.165) is 10.9 Å². The highest BCUT2D eigenvalue weighted by Crippen LogP contribution is 2.22. The van der Waals surface area contributed by atoms with Crippen molar-refractivity contribution in [2.24, 2.45) is 5.73 Å². The summed E-state index contributed by atoms with van der Waals surface area (Å²) in [5, 5.41) is 3.15. The minimum Gasteiger partial charge on any atom is -0.321 e. The number of Topliss-reactive ketones (excluding diaryl/α,β-unsaturated/α-hetero) is 1. The molecular formula is C12H13NOS. The van der Waals surface area contributed by atoms with Crippen molar-refractivity contribution in [2.45, 2.75) is 19.4 Å². The van der Waals surface area contributed by atoms with Gasteiger partial charge in [-0.25, -0.2) is 0 Å². The van der Waals surface area contributed by atoms with Crippen molar-refractivity contribution >= 4 is 27.2 Å². The lowest BCUT2D eigenvalue weighted by atomic mass is 10.0. The van der Waals surface area contributed by atoms with Gasteiger partial charge in [-0.2, -0.15) is 0 Å². The van der Waals surface area contributed by atoms with E-state index in [2.05, 4.69) is 0 Å². The maximum absolute atomic E-state index is 11.8. The molecule has 1 aromatic heterocycles. The van der Waals surface area contributed by atoms with Crippen LogP contribution in [0.25, 0.3) is 10.1 Å². The van der Waals surface area contributed by atoms with Crippen LogP contribution in [-0.2, 0) is 0 Å². The molecule has 78 valence electrons. The van der Waals surface area contributed by atoms with Crippen molar-refractivity contribution in [2.75, 3.05) is 0 Å². The molecule has 0 fully saturated rings. The van der Waals surface area contributed by atoms with Gasteiger partial charge in [0.25, 0.3) is 0 Å². The average Bonchev–Trinajstić information content (AvgIpc) is 2.73. The fourth-order valence-electron chi connectivity index (χ4n) is 1.52. The fourth-order valence-corrected chi connectivity index (χ4v) is 2.29. The quantitative estimate of drug-likeness (QED) is 0.807. The molecule has 2 aromatic rings. The predicted molar refractivity (Wildman–Crippen MR) is 64.4 cm³/mol. The molecule has 1 heterocycles. The van der Waals surface area contributed by atoms with E-state index < -0.39 is 0 Å². The molecule has 0 aliphatic carbocycles. The molecular weight excluding hydrogens is 206 g/mol. The van der Waals surface area contributed by atoms with Gasteiger partial charge in [-0.3, -0.25) is 4.79 Å². The van der Waals surface area contributed by atoms with E-state index in [1.807, 2.05) is 36.6 Å². The van der Waals surface area contributed by atoms with Crippen molar-refractivity contribution in [3.63, 3.8) is 0 Å². The Morgan fingerprint density at radius 2 is 2.27 bits per heavy atom.